The van der Waals surface area contributed by atoms with E-state index in [9.17, 15) is 5.26 Å². The first-order valence-electron chi connectivity index (χ1n) is 7.56. The molecule has 0 spiro atoms. The van der Waals surface area contributed by atoms with E-state index in [4.69, 9.17) is 10.5 Å². The lowest BCUT2D eigenvalue weighted by molar-refractivity contribution is 0.228. The molecule has 124 valence electrons. The Labute approximate surface area is 157 Å². The Hall–Kier alpha value is -2.40. The molecule has 1 atom stereocenters. The first-order chi connectivity index (χ1) is 12.1. The topological polar surface area (TPSA) is 76.9 Å². The molecule has 0 fully saturated rings. The summed E-state index contributed by atoms with van der Waals surface area (Å²) in [6, 6.07) is 13.9. The number of nitrogens with zero attached hydrogens (tertiary/aromatic N) is 3. The van der Waals surface area contributed by atoms with Gasteiger partial charge in [-0.1, -0.05) is 22.0 Å². The third-order valence-electron chi connectivity index (χ3n) is 4.02. The van der Waals surface area contributed by atoms with Crippen LogP contribution in [0.3, 0.4) is 0 Å². The molecule has 0 saturated carbocycles. The van der Waals surface area contributed by atoms with Gasteiger partial charge in [0, 0.05) is 14.9 Å². The molecule has 2 aromatic heterocycles. The van der Waals surface area contributed by atoms with Gasteiger partial charge in [-0.15, -0.1) is 11.3 Å². The molecule has 0 bridgehead atoms. The minimum absolute atomic E-state index is 0.424. The SMILES string of the molecule is Cc1nn(-c2ccc(Br)cc2)c2c1C(c1cccs1)=C(C#N)C(N)O2. The molecular formula is C18H13BrN4OS. The van der Waals surface area contributed by atoms with Crippen molar-refractivity contribution in [3.8, 4) is 17.6 Å². The molecule has 1 aliphatic heterocycles. The molecule has 3 heterocycles. The molecule has 0 aliphatic carbocycles. The average Bonchev–Trinajstić information content (AvgIpc) is 3.23. The summed E-state index contributed by atoms with van der Waals surface area (Å²) in [6.45, 7) is 1.91. The highest BCUT2D eigenvalue weighted by molar-refractivity contribution is 9.10. The van der Waals surface area contributed by atoms with Crippen LogP contribution in [0.5, 0.6) is 5.88 Å². The quantitative estimate of drug-likeness (QED) is 0.689. The van der Waals surface area contributed by atoms with Gasteiger partial charge in [0.15, 0.2) is 6.23 Å². The molecule has 25 heavy (non-hydrogen) atoms. The highest BCUT2D eigenvalue weighted by Crippen LogP contribution is 2.43. The summed E-state index contributed by atoms with van der Waals surface area (Å²) in [5.41, 5.74) is 9.85. The van der Waals surface area contributed by atoms with Gasteiger partial charge < -0.3 is 4.74 Å². The van der Waals surface area contributed by atoms with Gasteiger partial charge in [0.1, 0.15) is 6.07 Å². The number of thiophene rings is 1. The van der Waals surface area contributed by atoms with Crippen LogP contribution in [-0.4, -0.2) is 16.0 Å². The van der Waals surface area contributed by atoms with Crippen LogP contribution in [-0.2, 0) is 0 Å². The van der Waals surface area contributed by atoms with E-state index in [2.05, 4.69) is 27.1 Å². The van der Waals surface area contributed by atoms with Gasteiger partial charge in [0.2, 0.25) is 5.88 Å². The van der Waals surface area contributed by atoms with Crippen LogP contribution in [0.4, 0.5) is 0 Å². The second-order valence-electron chi connectivity index (χ2n) is 5.57. The minimum Gasteiger partial charge on any atom is -0.453 e. The maximum atomic E-state index is 9.61. The highest BCUT2D eigenvalue weighted by atomic mass is 79.9. The Morgan fingerprint density at radius 2 is 2.08 bits per heavy atom. The molecule has 0 saturated heterocycles. The Morgan fingerprint density at radius 3 is 2.72 bits per heavy atom. The zero-order valence-corrected chi connectivity index (χ0v) is 15.6. The first-order valence-corrected chi connectivity index (χ1v) is 9.23. The van der Waals surface area contributed by atoms with Gasteiger partial charge >= 0.3 is 0 Å². The summed E-state index contributed by atoms with van der Waals surface area (Å²) < 4.78 is 8.61. The Morgan fingerprint density at radius 1 is 1.32 bits per heavy atom. The van der Waals surface area contributed by atoms with E-state index in [0.717, 1.165) is 31.9 Å². The molecule has 5 nitrogen and oxygen atoms in total. The predicted octanol–water partition coefficient (Wildman–Crippen LogP) is 4.01. The minimum atomic E-state index is -0.820. The van der Waals surface area contributed by atoms with Crippen molar-refractivity contribution in [1.29, 1.82) is 5.26 Å². The number of benzene rings is 1. The van der Waals surface area contributed by atoms with Crippen LogP contribution in [0, 0.1) is 18.3 Å². The van der Waals surface area contributed by atoms with Crippen LogP contribution >= 0.6 is 27.3 Å². The lowest BCUT2D eigenvalue weighted by Crippen LogP contribution is -2.33. The van der Waals surface area contributed by atoms with Crippen molar-refractivity contribution < 1.29 is 4.74 Å². The number of nitrogens with two attached hydrogens (primary N) is 1. The summed E-state index contributed by atoms with van der Waals surface area (Å²) in [6.07, 6.45) is -0.820. The largest absolute Gasteiger partial charge is 0.453 e. The Balaban J connectivity index is 1.98. The van der Waals surface area contributed by atoms with Gasteiger partial charge in [0.05, 0.1) is 22.5 Å². The molecule has 3 aromatic rings. The summed E-state index contributed by atoms with van der Waals surface area (Å²) >= 11 is 5.00. The van der Waals surface area contributed by atoms with Crippen LogP contribution in [0.15, 0.2) is 51.8 Å². The van der Waals surface area contributed by atoms with Crippen LogP contribution in [0.1, 0.15) is 16.1 Å². The number of rotatable bonds is 2. The first kappa shape index (κ1) is 16.1. The lowest BCUT2D eigenvalue weighted by Gasteiger charge is -2.24. The van der Waals surface area contributed by atoms with Gasteiger partial charge in [0.25, 0.3) is 0 Å². The number of nitriles is 1. The van der Waals surface area contributed by atoms with Gasteiger partial charge in [-0.3, -0.25) is 5.73 Å². The summed E-state index contributed by atoms with van der Waals surface area (Å²) in [5, 5.41) is 16.2. The van der Waals surface area contributed by atoms with E-state index in [1.165, 1.54) is 0 Å². The molecule has 1 aliphatic rings. The number of hydrogen-bond acceptors (Lipinski definition) is 5. The molecule has 0 amide bonds. The number of ether oxygens (including phenoxy) is 1. The van der Waals surface area contributed by atoms with Crippen molar-refractivity contribution in [2.75, 3.05) is 0 Å². The van der Waals surface area contributed by atoms with Crippen LogP contribution < -0.4 is 10.5 Å². The zero-order valence-electron chi connectivity index (χ0n) is 13.2. The maximum absolute atomic E-state index is 9.61. The van der Waals surface area contributed by atoms with E-state index in [1.807, 2.05) is 48.7 Å². The fraction of sp³-hybridized carbons (Fsp3) is 0.111. The van der Waals surface area contributed by atoms with Crippen molar-refractivity contribution in [2.24, 2.45) is 5.73 Å². The molecule has 7 heteroatoms. The summed E-state index contributed by atoms with van der Waals surface area (Å²) in [7, 11) is 0. The van der Waals surface area contributed by atoms with E-state index in [-0.39, 0.29) is 0 Å². The zero-order chi connectivity index (χ0) is 17.6. The lowest BCUT2D eigenvalue weighted by atomic mass is 9.96. The number of aromatic nitrogens is 2. The normalized spacial score (nSPS) is 16.3. The fourth-order valence-corrected chi connectivity index (χ4v) is 3.97. The third kappa shape index (κ3) is 2.59. The molecule has 1 unspecified atom stereocenters. The Bertz CT molecular complexity index is 1010. The van der Waals surface area contributed by atoms with Crippen molar-refractivity contribution in [3.63, 3.8) is 0 Å². The smallest absolute Gasteiger partial charge is 0.226 e. The van der Waals surface area contributed by atoms with E-state index >= 15 is 0 Å². The van der Waals surface area contributed by atoms with Crippen molar-refractivity contribution in [1.82, 2.24) is 9.78 Å². The number of hydrogen-bond donors (Lipinski definition) is 1. The van der Waals surface area contributed by atoms with Crippen LogP contribution in [0.25, 0.3) is 11.3 Å². The third-order valence-corrected chi connectivity index (χ3v) is 5.44. The van der Waals surface area contributed by atoms with Gasteiger partial charge in [-0.05, 0) is 42.6 Å². The van der Waals surface area contributed by atoms with E-state index in [1.54, 1.807) is 16.0 Å². The van der Waals surface area contributed by atoms with E-state index < -0.39 is 6.23 Å². The van der Waals surface area contributed by atoms with Crippen molar-refractivity contribution in [2.45, 2.75) is 13.2 Å². The highest BCUT2D eigenvalue weighted by Gasteiger charge is 2.33. The van der Waals surface area contributed by atoms with Gasteiger partial charge in [-0.2, -0.15) is 10.4 Å². The Kier molecular flexibility index (Phi) is 3.96. The second-order valence-corrected chi connectivity index (χ2v) is 7.43. The molecule has 0 radical (unpaired) electrons. The fourth-order valence-electron chi connectivity index (χ4n) is 2.91. The van der Waals surface area contributed by atoms with Crippen molar-refractivity contribution >= 4 is 32.8 Å². The van der Waals surface area contributed by atoms with Crippen LogP contribution in [0.2, 0.25) is 0 Å². The number of halogens is 1. The van der Waals surface area contributed by atoms with Gasteiger partial charge in [-0.25, -0.2) is 4.68 Å². The molecule has 1 aromatic carbocycles. The standard InChI is InChI=1S/C18H13BrN4OS/c1-10-15-16(14-3-2-8-25-14)13(9-20)17(21)24-18(15)23(22-10)12-6-4-11(19)5-7-12/h2-8,17H,21H2,1H3. The van der Waals surface area contributed by atoms with E-state index in [0.29, 0.717) is 11.5 Å². The molecular weight excluding hydrogens is 400 g/mol. The monoisotopic (exact) mass is 412 g/mol. The summed E-state index contributed by atoms with van der Waals surface area (Å²) in [5.74, 6) is 0.565. The molecule has 2 N–H and O–H groups in total. The maximum Gasteiger partial charge on any atom is 0.226 e. The second kappa shape index (κ2) is 6.15. The number of aryl methyl sites for hydroxylation is 1. The molecule has 4 rings (SSSR count). The number of fused-ring (bicyclic) bond motifs is 1. The van der Waals surface area contributed by atoms with Crippen molar-refractivity contribution in [3.05, 3.63) is 68.0 Å². The summed E-state index contributed by atoms with van der Waals surface area (Å²) in [4.78, 5) is 0.981. The average molecular weight is 413 g/mol. The predicted molar refractivity (Wildman–Crippen MR) is 101 cm³/mol.